The number of hydrogen-bond donors (Lipinski definition) is 3. The lowest BCUT2D eigenvalue weighted by atomic mass is 10.1. The second-order valence-electron chi connectivity index (χ2n) is 11.1. The summed E-state index contributed by atoms with van der Waals surface area (Å²) in [6.45, 7) is 0.420. The molecule has 14 nitrogen and oxygen atoms in total. The molecule has 17 heteroatoms. The quantitative estimate of drug-likeness (QED) is 0.257. The molecule has 0 saturated carbocycles. The number of aliphatic hydroxyl groups excluding tert-OH is 1. The highest BCUT2D eigenvalue weighted by molar-refractivity contribution is 6.34. The Balaban J connectivity index is 1.13. The number of nitriles is 1. The number of benzene rings is 2. The number of halogens is 3. The predicted molar refractivity (Wildman–Crippen MR) is 171 cm³/mol. The Kier molecular flexibility index (Phi) is 9.22. The number of aromatic nitrogens is 3. The maximum Gasteiger partial charge on any atom is 0.408 e. The van der Waals surface area contributed by atoms with E-state index < -0.39 is 30.0 Å². The number of hydrogen-bond acceptors (Lipinski definition) is 9. The van der Waals surface area contributed by atoms with Crippen molar-refractivity contribution in [2.75, 3.05) is 44.6 Å². The fraction of sp³-hybridized carbons (Fsp3) is 0.290. The lowest BCUT2D eigenvalue weighted by Gasteiger charge is -2.37. The van der Waals surface area contributed by atoms with Crippen LogP contribution in [-0.2, 0) is 4.79 Å². The van der Waals surface area contributed by atoms with Gasteiger partial charge >= 0.3 is 6.09 Å². The highest BCUT2D eigenvalue weighted by Gasteiger charge is 2.41. The number of likely N-dealkylation sites (tertiary alicyclic amines) is 1. The fourth-order valence-electron chi connectivity index (χ4n) is 5.83. The molecule has 2 aromatic carbocycles. The highest BCUT2D eigenvalue weighted by Crippen LogP contribution is 2.36. The van der Waals surface area contributed by atoms with Gasteiger partial charge in [-0.05, 0) is 30.3 Å². The third-order valence-electron chi connectivity index (χ3n) is 8.19. The zero-order valence-corrected chi connectivity index (χ0v) is 26.5. The minimum absolute atomic E-state index is 0.0367. The van der Waals surface area contributed by atoms with E-state index in [0.717, 1.165) is 4.90 Å². The minimum Gasteiger partial charge on any atom is -0.476 e. The molecule has 0 aliphatic carbocycles. The molecule has 0 bridgehead atoms. The van der Waals surface area contributed by atoms with Crippen LogP contribution in [-0.4, -0.2) is 109 Å². The van der Waals surface area contributed by atoms with E-state index in [1.165, 1.54) is 23.4 Å². The zero-order chi connectivity index (χ0) is 34.1. The van der Waals surface area contributed by atoms with Crippen molar-refractivity contribution in [2.24, 2.45) is 0 Å². The number of nitrogens with zero attached hydrogens (tertiary/aromatic N) is 7. The molecule has 3 amide bonds. The van der Waals surface area contributed by atoms with E-state index in [-0.39, 0.29) is 73.0 Å². The number of carbonyl (C=O) groups excluding carboxylic acids is 2. The first-order valence-electron chi connectivity index (χ1n) is 14.7. The number of aliphatic hydroxyl groups is 1. The van der Waals surface area contributed by atoms with E-state index in [2.05, 4.69) is 15.3 Å². The first-order chi connectivity index (χ1) is 23.1. The SMILES string of the molecule is N#CCOc1ccc(-c2cnc3c(Nc4ccc(C(=O)N5CCN(C(=O)[C@@H]6C[C@@H](O)CN6C(=O)O)CC5)c(Cl)c4)nccn23)c(Cl)c1F. The van der Waals surface area contributed by atoms with Crippen LogP contribution >= 0.6 is 23.2 Å². The van der Waals surface area contributed by atoms with Crippen LogP contribution in [0.5, 0.6) is 5.75 Å². The number of carboxylic acid groups (broad SMARTS) is 1. The van der Waals surface area contributed by atoms with Gasteiger partial charge in [0, 0.05) is 56.2 Å². The zero-order valence-electron chi connectivity index (χ0n) is 25.0. The molecule has 2 aliphatic heterocycles. The average molecular weight is 698 g/mol. The normalized spacial score (nSPS) is 17.8. The number of piperazine rings is 1. The number of carbonyl (C=O) groups is 3. The summed E-state index contributed by atoms with van der Waals surface area (Å²) < 4.78 is 21.6. The standard InChI is InChI=1S/C31H27Cl2FN8O6/c32-21-13-17(1-2-19(21)29(44)39-8-10-40(11-9-39)30(45)22-14-18(43)16-42(22)31(46)47)38-27-28-37-15-23(41(28)7-6-36-27)20-3-4-24(48-12-5-35)26(34)25(20)33/h1-4,6-7,13,15,18,22,43H,8-12,14,16H2,(H,36,38)(H,46,47)/t18-,22+/m1/s1. The number of fused-ring (bicyclic) bond motifs is 1. The summed E-state index contributed by atoms with van der Waals surface area (Å²) in [4.78, 5) is 50.7. The van der Waals surface area contributed by atoms with Gasteiger partial charge < -0.3 is 30.1 Å². The predicted octanol–water partition coefficient (Wildman–Crippen LogP) is 3.89. The van der Waals surface area contributed by atoms with Gasteiger partial charge in [0.2, 0.25) is 5.91 Å². The lowest BCUT2D eigenvalue weighted by Crippen LogP contribution is -2.55. The summed E-state index contributed by atoms with van der Waals surface area (Å²) in [6.07, 6.45) is 2.55. The van der Waals surface area contributed by atoms with Crippen LogP contribution in [0.1, 0.15) is 16.8 Å². The van der Waals surface area contributed by atoms with Gasteiger partial charge in [-0.25, -0.2) is 19.2 Å². The maximum absolute atomic E-state index is 14.8. The van der Waals surface area contributed by atoms with Gasteiger partial charge in [0.1, 0.15) is 12.1 Å². The summed E-state index contributed by atoms with van der Waals surface area (Å²) in [7, 11) is 0. The topological polar surface area (TPSA) is 177 Å². The molecule has 0 spiro atoms. The van der Waals surface area contributed by atoms with Crippen molar-refractivity contribution in [2.45, 2.75) is 18.6 Å². The number of amides is 3. The van der Waals surface area contributed by atoms with Crippen LogP contribution in [0.2, 0.25) is 10.0 Å². The molecule has 2 atom stereocenters. The Morgan fingerprint density at radius 2 is 1.85 bits per heavy atom. The summed E-state index contributed by atoms with van der Waals surface area (Å²) in [6, 6.07) is 8.58. The van der Waals surface area contributed by atoms with E-state index in [4.69, 9.17) is 33.2 Å². The van der Waals surface area contributed by atoms with E-state index in [9.17, 15) is 29.0 Å². The van der Waals surface area contributed by atoms with Crippen LogP contribution in [0.4, 0.5) is 20.7 Å². The van der Waals surface area contributed by atoms with Crippen LogP contribution < -0.4 is 10.1 Å². The summed E-state index contributed by atoms with van der Waals surface area (Å²) in [5.41, 5.74) is 2.00. The molecule has 2 aliphatic rings. The van der Waals surface area contributed by atoms with Crippen LogP contribution in [0.3, 0.4) is 0 Å². The third kappa shape index (κ3) is 6.25. The summed E-state index contributed by atoms with van der Waals surface area (Å²) in [5, 5.41) is 31.1. The Morgan fingerprint density at radius 1 is 1.10 bits per heavy atom. The monoisotopic (exact) mass is 696 g/mol. The molecular formula is C31H27Cl2FN8O6. The Labute approximate surface area is 282 Å². The second kappa shape index (κ2) is 13.5. The molecule has 0 radical (unpaired) electrons. The van der Waals surface area contributed by atoms with Gasteiger partial charge in [0.15, 0.2) is 29.6 Å². The van der Waals surface area contributed by atoms with E-state index in [1.807, 2.05) is 0 Å². The Bertz CT molecular complexity index is 1960. The molecule has 4 heterocycles. The van der Waals surface area contributed by atoms with Crippen molar-refractivity contribution >= 4 is 58.3 Å². The van der Waals surface area contributed by atoms with Crippen molar-refractivity contribution < 1.29 is 33.7 Å². The first kappa shape index (κ1) is 32.8. The maximum atomic E-state index is 14.8. The van der Waals surface area contributed by atoms with E-state index in [1.54, 1.807) is 45.8 Å². The van der Waals surface area contributed by atoms with E-state index >= 15 is 0 Å². The van der Waals surface area contributed by atoms with Gasteiger partial charge in [0.05, 0.1) is 40.1 Å². The Morgan fingerprint density at radius 3 is 2.56 bits per heavy atom. The van der Waals surface area contributed by atoms with Crippen molar-refractivity contribution in [3.05, 3.63) is 70.3 Å². The number of ether oxygens (including phenoxy) is 1. The average Bonchev–Trinajstić information content (AvgIpc) is 3.69. The minimum atomic E-state index is -1.26. The van der Waals surface area contributed by atoms with Gasteiger partial charge in [-0.15, -0.1) is 0 Å². The molecule has 48 heavy (non-hydrogen) atoms. The number of nitrogens with one attached hydrogen (secondary N) is 1. The highest BCUT2D eigenvalue weighted by atomic mass is 35.5. The molecule has 4 aromatic rings. The van der Waals surface area contributed by atoms with Crippen molar-refractivity contribution in [3.63, 3.8) is 0 Å². The van der Waals surface area contributed by atoms with Crippen LogP contribution in [0.15, 0.2) is 48.9 Å². The number of β-amino-alcohol motifs (C(OH)–C–C–N with tert-alkyl or cyclic N) is 1. The largest absolute Gasteiger partial charge is 0.476 e. The first-order valence-corrected chi connectivity index (χ1v) is 15.5. The van der Waals surface area contributed by atoms with Gasteiger partial charge in [-0.1, -0.05) is 23.2 Å². The van der Waals surface area contributed by atoms with Gasteiger partial charge in [-0.3, -0.25) is 18.9 Å². The fourth-order valence-corrected chi connectivity index (χ4v) is 6.35. The van der Waals surface area contributed by atoms with E-state index in [0.29, 0.717) is 28.4 Å². The van der Waals surface area contributed by atoms with Gasteiger partial charge in [0.25, 0.3) is 5.91 Å². The molecule has 3 N–H and O–H groups in total. The molecule has 6 rings (SSSR count). The molecule has 2 aromatic heterocycles. The van der Waals surface area contributed by atoms with Crippen LogP contribution in [0.25, 0.3) is 16.9 Å². The third-order valence-corrected chi connectivity index (χ3v) is 8.88. The Hall–Kier alpha value is -5.17. The number of anilines is 2. The lowest BCUT2D eigenvalue weighted by molar-refractivity contribution is -0.137. The summed E-state index contributed by atoms with van der Waals surface area (Å²) >= 11 is 12.9. The molecule has 0 unspecified atom stereocenters. The smallest absolute Gasteiger partial charge is 0.408 e. The molecule has 2 fully saturated rings. The van der Waals surface area contributed by atoms with Crippen molar-refractivity contribution in [1.29, 1.82) is 5.26 Å². The van der Waals surface area contributed by atoms with Gasteiger partial charge in [-0.2, -0.15) is 5.26 Å². The molecule has 2 saturated heterocycles. The van der Waals surface area contributed by atoms with Crippen molar-refractivity contribution in [1.82, 2.24) is 29.1 Å². The second-order valence-corrected chi connectivity index (χ2v) is 11.9. The molecular weight excluding hydrogens is 670 g/mol. The summed E-state index contributed by atoms with van der Waals surface area (Å²) in [5.74, 6) is -1.31. The number of rotatable bonds is 7. The number of imidazole rings is 1. The van der Waals surface area contributed by atoms with Crippen LogP contribution in [0, 0.1) is 17.1 Å². The van der Waals surface area contributed by atoms with Crippen molar-refractivity contribution in [3.8, 4) is 23.1 Å². The molecule has 248 valence electrons.